The van der Waals surface area contributed by atoms with Crippen molar-refractivity contribution in [1.29, 1.82) is 0 Å². The molecule has 1 aliphatic carbocycles. The zero-order valence-corrected chi connectivity index (χ0v) is 40.0. The molecule has 1 amide bonds. The zero-order valence-electron chi connectivity index (χ0n) is 40.0. The van der Waals surface area contributed by atoms with E-state index >= 15 is 0 Å². The molecule has 2 saturated heterocycles. The fraction of sp³-hybridized carbons (Fsp3) is 0.706. The number of alkyl halides is 1. The standard InChI is InChI=1S/C51H78FNO12/c1-11-13-14-17-31(4)42(55)28-38-21-19-36(9)51(62,65-38)48(59)49(60)53-23-16-15-18-40(53)50(61)64-44(33(6)26-37-20-22-41(54)39(52)27-37)29-43(56)32(5)25-35(8)46(58)47(63-10)45(57)34(7)24-30(3)12-2/h11-14,17,25,30,32-34,36-42,44,46-47,54-55,58,62H,1-2,15-16,18-24,26-29H2,3-10H3/b14-13+,31-17+,35-25+/t30-,32+,33+,34+,36+,37-,38-,39+,40-,41+,42-,44-,46+,47-,51+/m0/s1. The lowest BCUT2D eigenvalue weighted by Gasteiger charge is -2.42. The number of hydrogen-bond acceptors (Lipinski definition) is 12. The van der Waals surface area contributed by atoms with Gasteiger partial charge in [0.05, 0.1) is 18.3 Å². The second-order valence-corrected chi connectivity index (χ2v) is 19.2. The van der Waals surface area contributed by atoms with Crippen molar-refractivity contribution in [2.75, 3.05) is 13.7 Å². The highest BCUT2D eigenvalue weighted by atomic mass is 19.1. The summed E-state index contributed by atoms with van der Waals surface area (Å²) in [6.45, 7) is 19.5. The highest BCUT2D eigenvalue weighted by Gasteiger charge is 2.53. The second-order valence-electron chi connectivity index (χ2n) is 19.2. The van der Waals surface area contributed by atoms with Crippen molar-refractivity contribution in [1.82, 2.24) is 4.90 Å². The van der Waals surface area contributed by atoms with E-state index in [9.17, 15) is 48.8 Å². The summed E-state index contributed by atoms with van der Waals surface area (Å²) in [5, 5.41) is 43.8. The van der Waals surface area contributed by atoms with E-state index in [0.29, 0.717) is 56.1 Å². The number of hydrogen-bond donors (Lipinski definition) is 4. The van der Waals surface area contributed by atoms with Gasteiger partial charge in [0.15, 0.2) is 5.78 Å². The van der Waals surface area contributed by atoms with Crippen LogP contribution in [0.2, 0.25) is 0 Å². The monoisotopic (exact) mass is 916 g/mol. The molecule has 0 aromatic rings. The quantitative estimate of drug-likeness (QED) is 0.0349. The van der Waals surface area contributed by atoms with E-state index < -0.39 is 96.0 Å². The van der Waals surface area contributed by atoms with Crippen LogP contribution in [0.25, 0.3) is 0 Å². The second kappa shape index (κ2) is 26.0. The molecule has 366 valence electrons. The Labute approximate surface area is 386 Å². The van der Waals surface area contributed by atoms with Crippen molar-refractivity contribution in [3.8, 4) is 0 Å². The number of rotatable bonds is 24. The molecule has 0 radical (unpaired) electrons. The molecule has 13 nitrogen and oxygen atoms in total. The largest absolute Gasteiger partial charge is 0.460 e. The lowest BCUT2D eigenvalue weighted by atomic mass is 9.79. The maximum atomic E-state index is 14.7. The van der Waals surface area contributed by atoms with E-state index in [2.05, 4.69) is 13.2 Å². The molecular weight excluding hydrogens is 838 g/mol. The van der Waals surface area contributed by atoms with E-state index in [0.717, 1.165) is 4.90 Å². The number of aliphatic hydroxyl groups excluding tert-OH is 3. The lowest BCUT2D eigenvalue weighted by molar-refractivity contribution is -0.265. The number of esters is 1. The van der Waals surface area contributed by atoms with Gasteiger partial charge in [0.2, 0.25) is 5.79 Å². The van der Waals surface area contributed by atoms with Gasteiger partial charge in [-0.1, -0.05) is 77.7 Å². The minimum Gasteiger partial charge on any atom is -0.460 e. The number of allylic oxidation sites excluding steroid dienone is 6. The summed E-state index contributed by atoms with van der Waals surface area (Å²) in [6, 6.07) is -1.21. The van der Waals surface area contributed by atoms with Gasteiger partial charge in [0.1, 0.15) is 36.3 Å². The van der Waals surface area contributed by atoms with Crippen molar-refractivity contribution in [2.24, 2.45) is 35.5 Å². The number of Topliss-reactive ketones (excluding diaryl/α,β-unsaturated/α-hetero) is 3. The van der Waals surface area contributed by atoms with Gasteiger partial charge in [0, 0.05) is 44.2 Å². The molecule has 65 heavy (non-hydrogen) atoms. The first-order valence-corrected chi connectivity index (χ1v) is 23.6. The van der Waals surface area contributed by atoms with Gasteiger partial charge in [0.25, 0.3) is 11.7 Å². The normalized spacial score (nSPS) is 29.4. The summed E-state index contributed by atoms with van der Waals surface area (Å²) in [7, 11) is 1.34. The number of halogens is 1. The predicted molar refractivity (Wildman–Crippen MR) is 246 cm³/mol. The third kappa shape index (κ3) is 15.4. The molecular formula is C51H78FNO12. The first-order chi connectivity index (χ1) is 30.6. The first-order valence-electron chi connectivity index (χ1n) is 23.6. The molecule has 0 aromatic heterocycles. The van der Waals surface area contributed by atoms with Gasteiger partial charge in [-0.3, -0.25) is 19.2 Å². The smallest absolute Gasteiger partial charge is 0.329 e. The summed E-state index contributed by atoms with van der Waals surface area (Å²) >= 11 is 0. The van der Waals surface area contributed by atoms with Crippen LogP contribution in [0.15, 0.2) is 60.8 Å². The molecule has 2 aliphatic heterocycles. The Balaban J connectivity index is 1.83. The Morgan fingerprint density at radius 2 is 1.65 bits per heavy atom. The Bertz CT molecular complexity index is 1740. The minimum atomic E-state index is -2.51. The Hall–Kier alpha value is -3.66. The van der Waals surface area contributed by atoms with Crippen LogP contribution in [0, 0.1) is 35.5 Å². The van der Waals surface area contributed by atoms with Crippen molar-refractivity contribution in [3.05, 3.63) is 60.8 Å². The first kappa shape index (κ1) is 55.7. The molecule has 4 N–H and O–H groups in total. The van der Waals surface area contributed by atoms with Crippen LogP contribution in [0.1, 0.15) is 126 Å². The summed E-state index contributed by atoms with van der Waals surface area (Å²) in [5.74, 6) is -8.82. The van der Waals surface area contributed by atoms with E-state index in [4.69, 9.17) is 14.2 Å². The van der Waals surface area contributed by atoms with Crippen LogP contribution in [-0.4, -0.2) is 123 Å². The summed E-state index contributed by atoms with van der Waals surface area (Å²) in [5.41, 5.74) is 0.976. The molecule has 15 atom stereocenters. The highest BCUT2D eigenvalue weighted by molar-refractivity contribution is 6.39. The number of likely N-dealkylation sites (tertiary alicyclic amines) is 1. The Morgan fingerprint density at radius 3 is 2.28 bits per heavy atom. The molecule has 2 heterocycles. The van der Waals surface area contributed by atoms with Gasteiger partial charge in [-0.05, 0) is 107 Å². The summed E-state index contributed by atoms with van der Waals surface area (Å²) in [6.07, 6.45) is 5.96. The van der Waals surface area contributed by atoms with Crippen LogP contribution in [-0.2, 0) is 38.2 Å². The van der Waals surface area contributed by atoms with Gasteiger partial charge in [-0.25, -0.2) is 9.18 Å². The number of nitrogens with zero attached hydrogens (tertiary/aromatic N) is 1. The van der Waals surface area contributed by atoms with Crippen LogP contribution in [0.3, 0.4) is 0 Å². The van der Waals surface area contributed by atoms with E-state index in [-0.39, 0.29) is 62.1 Å². The van der Waals surface area contributed by atoms with Crippen molar-refractivity contribution in [3.63, 3.8) is 0 Å². The van der Waals surface area contributed by atoms with Gasteiger partial charge >= 0.3 is 5.97 Å². The van der Waals surface area contributed by atoms with Crippen LogP contribution in [0.4, 0.5) is 4.39 Å². The topological polar surface area (TPSA) is 197 Å². The molecule has 1 saturated carbocycles. The van der Waals surface area contributed by atoms with E-state index in [1.54, 1.807) is 78.0 Å². The van der Waals surface area contributed by atoms with Crippen molar-refractivity contribution < 1.29 is 63.0 Å². The number of carbonyl (C=O) groups is 5. The van der Waals surface area contributed by atoms with Crippen LogP contribution >= 0.6 is 0 Å². The third-order valence-electron chi connectivity index (χ3n) is 13.9. The highest BCUT2D eigenvalue weighted by Crippen LogP contribution is 2.37. The Morgan fingerprint density at radius 1 is 0.954 bits per heavy atom. The zero-order chi connectivity index (χ0) is 48.8. The molecule has 3 fully saturated rings. The number of aliphatic hydroxyl groups is 4. The molecule has 0 unspecified atom stereocenters. The number of carbonyl (C=O) groups excluding carboxylic acids is 5. The Kier molecular flexibility index (Phi) is 22.3. The molecule has 0 bridgehead atoms. The number of piperidine rings is 1. The summed E-state index contributed by atoms with van der Waals surface area (Å²) in [4.78, 5) is 70.8. The van der Waals surface area contributed by atoms with Gasteiger partial charge in [-0.2, -0.15) is 0 Å². The van der Waals surface area contributed by atoms with Crippen molar-refractivity contribution >= 4 is 29.2 Å². The number of ketones is 3. The molecule has 3 rings (SSSR count). The summed E-state index contributed by atoms with van der Waals surface area (Å²) < 4.78 is 32.2. The lowest BCUT2D eigenvalue weighted by Crippen LogP contribution is -2.61. The molecule has 3 aliphatic rings. The third-order valence-corrected chi connectivity index (χ3v) is 13.9. The minimum absolute atomic E-state index is 0.0288. The van der Waals surface area contributed by atoms with Gasteiger partial charge in [-0.15, -0.1) is 6.58 Å². The fourth-order valence-corrected chi connectivity index (χ4v) is 9.36. The van der Waals surface area contributed by atoms with E-state index in [1.807, 2.05) is 6.92 Å². The number of ether oxygens (including phenoxy) is 3. The molecule has 0 aromatic carbocycles. The fourth-order valence-electron chi connectivity index (χ4n) is 9.36. The van der Waals surface area contributed by atoms with Crippen LogP contribution < -0.4 is 0 Å². The average Bonchev–Trinajstić information content (AvgIpc) is 3.27. The number of methoxy groups -OCH3 is 1. The SMILES string of the molecule is C=C/C=C/C=C(\C)[C@@H](O)C[C@@H]1CC[C@@H](C)[C@](O)(C(=O)C(=O)N2CCCC[C@H]2C(=O)O[C@@H](CC(=O)[C@H](C)/C=C(\C)[C@@H](O)[C@@H](OC)C(=O)[C@H](C)C[C@@H](C)C=C)[C@H](C)C[C@@H]2CC[C@@H](O)[C@H](F)C2)O1. The molecule has 14 heteroatoms. The predicted octanol–water partition coefficient (Wildman–Crippen LogP) is 6.65. The maximum Gasteiger partial charge on any atom is 0.329 e. The van der Waals surface area contributed by atoms with Crippen LogP contribution in [0.5, 0.6) is 0 Å². The maximum absolute atomic E-state index is 14.7. The van der Waals surface area contributed by atoms with Gasteiger partial charge < -0.3 is 39.5 Å². The van der Waals surface area contributed by atoms with Crippen molar-refractivity contribution in [2.45, 2.75) is 180 Å². The number of amides is 1. The van der Waals surface area contributed by atoms with E-state index in [1.165, 1.54) is 7.11 Å². The molecule has 0 spiro atoms. The average molecular weight is 916 g/mol.